The van der Waals surface area contributed by atoms with Gasteiger partial charge in [-0.25, -0.2) is 0 Å². The topological polar surface area (TPSA) is 70.6 Å². The molecule has 0 bridgehead atoms. The van der Waals surface area contributed by atoms with Gasteiger partial charge >= 0.3 is 0 Å². The zero-order chi connectivity index (χ0) is 12.1. The first kappa shape index (κ1) is 13.3. The third-order valence-electron chi connectivity index (χ3n) is 3.50. The molecular formula is C12H25N3O. The van der Waals surface area contributed by atoms with Crippen LogP contribution in [-0.4, -0.2) is 23.1 Å². The Morgan fingerprint density at radius 3 is 2.38 bits per heavy atom. The van der Waals surface area contributed by atoms with E-state index in [-0.39, 0.29) is 6.04 Å². The quantitative estimate of drug-likeness (QED) is 0.297. The number of hydrogen-bond acceptors (Lipinski definition) is 3. The highest BCUT2D eigenvalue weighted by Gasteiger charge is 2.26. The maximum absolute atomic E-state index is 8.69. The summed E-state index contributed by atoms with van der Waals surface area (Å²) in [6, 6.07) is 0.511. The zero-order valence-corrected chi connectivity index (χ0v) is 10.6. The first-order valence-corrected chi connectivity index (χ1v) is 6.30. The minimum atomic E-state index is 0.00694. The van der Waals surface area contributed by atoms with Gasteiger partial charge in [0.1, 0.15) is 0 Å². The Morgan fingerprint density at radius 1 is 1.38 bits per heavy atom. The van der Waals surface area contributed by atoms with Gasteiger partial charge < -0.3 is 16.3 Å². The molecule has 0 aliphatic heterocycles. The van der Waals surface area contributed by atoms with E-state index in [9.17, 15) is 0 Å². The summed E-state index contributed by atoms with van der Waals surface area (Å²) in [5.74, 6) is 1.84. The fraction of sp³-hybridized carbons (Fsp3) is 0.917. The molecule has 1 rings (SSSR count). The van der Waals surface area contributed by atoms with Crippen molar-refractivity contribution in [3.05, 3.63) is 0 Å². The number of hydrogen-bond donors (Lipinski definition) is 3. The first-order valence-electron chi connectivity index (χ1n) is 6.30. The molecule has 0 radical (unpaired) electrons. The summed E-state index contributed by atoms with van der Waals surface area (Å²) in [6.45, 7) is 6.65. The molecule has 0 heterocycles. The molecule has 0 aromatic heterocycles. The highest BCUT2D eigenvalue weighted by Crippen LogP contribution is 2.28. The van der Waals surface area contributed by atoms with Gasteiger partial charge in [0.25, 0.3) is 0 Å². The van der Waals surface area contributed by atoms with Crippen molar-refractivity contribution >= 4 is 5.84 Å². The van der Waals surface area contributed by atoms with Gasteiger partial charge in [0.2, 0.25) is 0 Å². The van der Waals surface area contributed by atoms with Crippen molar-refractivity contribution in [1.82, 2.24) is 5.32 Å². The van der Waals surface area contributed by atoms with Crippen LogP contribution >= 0.6 is 0 Å². The fourth-order valence-corrected chi connectivity index (χ4v) is 2.85. The molecule has 4 nitrogen and oxygen atoms in total. The average molecular weight is 227 g/mol. The van der Waals surface area contributed by atoms with Gasteiger partial charge in [0.15, 0.2) is 5.84 Å². The van der Waals surface area contributed by atoms with Crippen LogP contribution in [-0.2, 0) is 0 Å². The zero-order valence-electron chi connectivity index (χ0n) is 10.6. The molecule has 1 aliphatic carbocycles. The highest BCUT2D eigenvalue weighted by molar-refractivity contribution is 5.85. The Labute approximate surface area is 98.3 Å². The van der Waals surface area contributed by atoms with Gasteiger partial charge in [-0.3, -0.25) is 0 Å². The number of oxime groups is 1. The molecule has 0 aromatic rings. The SMILES string of the molecule is CCC(NC1CC(C)CC(C)C1)C(N)=NO. The van der Waals surface area contributed by atoms with Crippen LogP contribution in [0.15, 0.2) is 5.16 Å². The lowest BCUT2D eigenvalue weighted by molar-refractivity contribution is 0.232. The van der Waals surface area contributed by atoms with Crippen molar-refractivity contribution in [3.8, 4) is 0 Å². The summed E-state index contributed by atoms with van der Waals surface area (Å²) in [6.07, 6.45) is 4.56. The number of nitrogens with zero attached hydrogens (tertiary/aromatic N) is 1. The maximum atomic E-state index is 8.69. The second-order valence-corrected chi connectivity index (χ2v) is 5.27. The Hall–Kier alpha value is -0.770. The van der Waals surface area contributed by atoms with Gasteiger partial charge in [0, 0.05) is 6.04 Å². The molecular weight excluding hydrogens is 202 g/mol. The largest absolute Gasteiger partial charge is 0.409 e. The molecule has 3 unspecified atom stereocenters. The predicted octanol–water partition coefficient (Wildman–Crippen LogP) is 1.93. The maximum Gasteiger partial charge on any atom is 0.156 e. The Balaban J connectivity index is 2.51. The van der Waals surface area contributed by atoms with Gasteiger partial charge in [-0.05, 0) is 37.5 Å². The molecule has 0 saturated heterocycles. The minimum absolute atomic E-state index is 0.00694. The van der Waals surface area contributed by atoms with Gasteiger partial charge in [-0.15, -0.1) is 0 Å². The van der Waals surface area contributed by atoms with Crippen molar-refractivity contribution in [1.29, 1.82) is 0 Å². The van der Waals surface area contributed by atoms with Crippen LogP contribution in [0.5, 0.6) is 0 Å². The molecule has 4 N–H and O–H groups in total. The summed E-state index contributed by atoms with van der Waals surface area (Å²) in [5.41, 5.74) is 5.65. The third-order valence-corrected chi connectivity index (χ3v) is 3.50. The molecule has 0 spiro atoms. The smallest absolute Gasteiger partial charge is 0.156 e. The van der Waals surface area contributed by atoms with Crippen molar-refractivity contribution in [2.45, 2.75) is 58.5 Å². The van der Waals surface area contributed by atoms with Gasteiger partial charge in [-0.2, -0.15) is 0 Å². The minimum Gasteiger partial charge on any atom is -0.409 e. The van der Waals surface area contributed by atoms with Crippen LogP contribution in [0.3, 0.4) is 0 Å². The Bertz CT molecular complexity index is 232. The Morgan fingerprint density at radius 2 is 1.94 bits per heavy atom. The van der Waals surface area contributed by atoms with Gasteiger partial charge in [0.05, 0.1) is 6.04 Å². The molecule has 16 heavy (non-hydrogen) atoms. The molecule has 0 aromatic carbocycles. The lowest BCUT2D eigenvalue weighted by Gasteiger charge is -2.34. The van der Waals surface area contributed by atoms with Crippen molar-refractivity contribution in [2.75, 3.05) is 0 Å². The number of nitrogens with one attached hydrogen (secondary N) is 1. The van der Waals surface area contributed by atoms with Crippen LogP contribution < -0.4 is 11.1 Å². The molecule has 3 atom stereocenters. The van der Waals surface area contributed by atoms with E-state index in [1.165, 1.54) is 19.3 Å². The van der Waals surface area contributed by atoms with E-state index in [4.69, 9.17) is 10.9 Å². The Kier molecular flexibility index (Phi) is 5.06. The molecule has 1 saturated carbocycles. The van der Waals surface area contributed by atoms with Crippen LogP contribution in [0.25, 0.3) is 0 Å². The monoisotopic (exact) mass is 227 g/mol. The van der Waals surface area contributed by atoms with Crippen LogP contribution in [0.4, 0.5) is 0 Å². The van der Waals surface area contributed by atoms with E-state index < -0.39 is 0 Å². The third kappa shape index (κ3) is 3.67. The number of nitrogens with two attached hydrogens (primary N) is 1. The summed E-state index contributed by atoms with van der Waals surface area (Å²) in [7, 11) is 0. The van der Waals surface area contributed by atoms with Crippen molar-refractivity contribution < 1.29 is 5.21 Å². The second-order valence-electron chi connectivity index (χ2n) is 5.27. The lowest BCUT2D eigenvalue weighted by Crippen LogP contribution is -2.48. The van der Waals surface area contributed by atoms with Crippen LogP contribution in [0, 0.1) is 11.8 Å². The summed E-state index contributed by atoms with van der Waals surface area (Å²) in [4.78, 5) is 0. The number of rotatable bonds is 4. The predicted molar refractivity (Wildman–Crippen MR) is 66.6 cm³/mol. The van der Waals surface area contributed by atoms with E-state index in [0.29, 0.717) is 11.9 Å². The lowest BCUT2D eigenvalue weighted by atomic mass is 9.80. The molecule has 1 fully saturated rings. The molecule has 4 heteroatoms. The van der Waals surface area contributed by atoms with E-state index in [1.54, 1.807) is 0 Å². The van der Waals surface area contributed by atoms with Crippen LogP contribution in [0.1, 0.15) is 46.5 Å². The standard InChI is InChI=1S/C12H25N3O/c1-4-11(12(13)15-16)14-10-6-8(2)5-9(3)7-10/h8-11,14,16H,4-7H2,1-3H3,(H2,13,15). The first-order chi connectivity index (χ1) is 7.56. The van der Waals surface area contributed by atoms with E-state index in [0.717, 1.165) is 18.3 Å². The summed E-state index contributed by atoms with van der Waals surface area (Å²) < 4.78 is 0. The molecule has 94 valence electrons. The van der Waals surface area contributed by atoms with E-state index >= 15 is 0 Å². The second kappa shape index (κ2) is 6.09. The van der Waals surface area contributed by atoms with Crippen molar-refractivity contribution in [2.24, 2.45) is 22.7 Å². The highest BCUT2D eigenvalue weighted by atomic mass is 16.4. The summed E-state index contributed by atoms with van der Waals surface area (Å²) in [5, 5.41) is 15.3. The van der Waals surface area contributed by atoms with Crippen molar-refractivity contribution in [3.63, 3.8) is 0 Å². The normalized spacial score (nSPS) is 33.7. The van der Waals surface area contributed by atoms with Crippen LogP contribution in [0.2, 0.25) is 0 Å². The van der Waals surface area contributed by atoms with E-state index in [1.807, 2.05) is 6.92 Å². The molecule has 1 aliphatic rings. The summed E-state index contributed by atoms with van der Waals surface area (Å²) >= 11 is 0. The molecule has 0 amide bonds. The van der Waals surface area contributed by atoms with E-state index in [2.05, 4.69) is 24.3 Å². The van der Waals surface area contributed by atoms with Gasteiger partial charge in [-0.1, -0.05) is 25.9 Å². The fourth-order valence-electron chi connectivity index (χ4n) is 2.85. The average Bonchev–Trinajstić information content (AvgIpc) is 2.23. The number of amidine groups is 1.